The van der Waals surface area contributed by atoms with Crippen molar-refractivity contribution in [2.24, 2.45) is 5.92 Å². The van der Waals surface area contributed by atoms with E-state index in [9.17, 15) is 8.42 Å². The van der Waals surface area contributed by atoms with Crippen LogP contribution in [0.25, 0.3) is 0 Å². The molecule has 1 atom stereocenters. The summed E-state index contributed by atoms with van der Waals surface area (Å²) in [5.74, 6) is 0.893. The highest BCUT2D eigenvalue weighted by atomic mass is 35.5. The fourth-order valence-corrected chi connectivity index (χ4v) is 4.87. The molecule has 2 rings (SSSR count). The van der Waals surface area contributed by atoms with Crippen LogP contribution < -0.4 is 0 Å². The number of hydrogen-bond acceptors (Lipinski definition) is 3. The van der Waals surface area contributed by atoms with Gasteiger partial charge in [-0.25, -0.2) is 8.42 Å². The van der Waals surface area contributed by atoms with Gasteiger partial charge < -0.3 is 0 Å². The average Bonchev–Trinajstić information content (AvgIpc) is 3.04. The highest BCUT2D eigenvalue weighted by Crippen LogP contribution is 2.37. The predicted molar refractivity (Wildman–Crippen MR) is 71.0 cm³/mol. The van der Waals surface area contributed by atoms with E-state index in [1.165, 1.54) is 15.6 Å². The Morgan fingerprint density at radius 2 is 2.18 bits per heavy atom. The number of hydrogen-bond donors (Lipinski definition) is 0. The molecule has 3 nitrogen and oxygen atoms in total. The highest BCUT2D eigenvalue weighted by Gasteiger charge is 2.36. The molecule has 0 N–H and O–H groups in total. The van der Waals surface area contributed by atoms with Gasteiger partial charge in [0.2, 0.25) is 0 Å². The zero-order chi connectivity index (χ0) is 12.6. The van der Waals surface area contributed by atoms with Crippen molar-refractivity contribution >= 4 is 33.0 Å². The van der Waals surface area contributed by atoms with Gasteiger partial charge in [-0.3, -0.25) is 0 Å². The lowest BCUT2D eigenvalue weighted by Crippen LogP contribution is -2.36. The molecule has 1 saturated carbocycles. The summed E-state index contributed by atoms with van der Waals surface area (Å²) in [4.78, 5) is 0.887. The van der Waals surface area contributed by atoms with Gasteiger partial charge in [-0.2, -0.15) is 4.31 Å². The minimum atomic E-state index is -3.34. The third-order valence-corrected chi connectivity index (χ3v) is 7.22. The van der Waals surface area contributed by atoms with Crippen molar-refractivity contribution in [3.8, 4) is 0 Å². The number of alkyl halides is 1. The number of thiophene rings is 1. The van der Waals surface area contributed by atoms with Crippen LogP contribution in [0.4, 0.5) is 0 Å². The van der Waals surface area contributed by atoms with Gasteiger partial charge in [0.15, 0.2) is 0 Å². The predicted octanol–water partition coefficient (Wildman–Crippen LogP) is 2.91. The molecule has 0 aromatic carbocycles. The van der Waals surface area contributed by atoms with E-state index < -0.39 is 10.0 Å². The zero-order valence-electron chi connectivity index (χ0n) is 9.89. The Morgan fingerprint density at radius 1 is 1.53 bits per heavy atom. The largest absolute Gasteiger partial charge is 0.252 e. The zero-order valence-corrected chi connectivity index (χ0v) is 12.3. The van der Waals surface area contributed by atoms with E-state index in [0.29, 0.717) is 16.0 Å². The molecule has 0 bridgehead atoms. The van der Waals surface area contributed by atoms with Crippen molar-refractivity contribution in [2.75, 3.05) is 7.05 Å². The summed E-state index contributed by atoms with van der Waals surface area (Å²) >= 11 is 6.95. The van der Waals surface area contributed by atoms with Crippen LogP contribution in [-0.2, 0) is 15.9 Å². The summed E-state index contributed by atoms with van der Waals surface area (Å²) in [6, 6.07) is 3.51. The number of rotatable bonds is 5. The van der Waals surface area contributed by atoms with Crippen LogP contribution in [0.3, 0.4) is 0 Å². The Morgan fingerprint density at radius 3 is 2.65 bits per heavy atom. The average molecular weight is 294 g/mol. The molecule has 0 spiro atoms. The fourth-order valence-electron chi connectivity index (χ4n) is 1.81. The van der Waals surface area contributed by atoms with Crippen LogP contribution in [-0.4, -0.2) is 25.8 Å². The minimum absolute atomic E-state index is 0.0848. The van der Waals surface area contributed by atoms with E-state index in [1.807, 2.05) is 6.92 Å². The first-order valence-electron chi connectivity index (χ1n) is 5.59. The summed E-state index contributed by atoms with van der Waals surface area (Å²) in [5, 5.41) is 0. The molecule has 17 heavy (non-hydrogen) atoms. The molecule has 0 aliphatic heterocycles. The summed E-state index contributed by atoms with van der Waals surface area (Å²) in [6.07, 6.45) is 2.27. The second-order valence-electron chi connectivity index (χ2n) is 4.45. The first kappa shape index (κ1) is 13.3. The molecule has 1 unspecified atom stereocenters. The molecular weight excluding hydrogens is 278 g/mol. The molecule has 1 aromatic heterocycles. The lowest BCUT2D eigenvalue weighted by atomic mass is 10.2. The number of halogens is 1. The Labute approximate surface area is 111 Å². The van der Waals surface area contributed by atoms with Crippen LogP contribution in [0, 0.1) is 5.92 Å². The lowest BCUT2D eigenvalue weighted by Gasteiger charge is -2.23. The molecule has 1 aliphatic carbocycles. The normalized spacial score (nSPS) is 18.6. The summed E-state index contributed by atoms with van der Waals surface area (Å²) in [7, 11) is -1.67. The molecular formula is C11H16ClNO2S2. The van der Waals surface area contributed by atoms with E-state index in [0.717, 1.165) is 17.7 Å². The van der Waals surface area contributed by atoms with Crippen molar-refractivity contribution in [3.05, 3.63) is 17.0 Å². The lowest BCUT2D eigenvalue weighted by molar-refractivity contribution is 0.358. The molecule has 1 fully saturated rings. The molecule has 0 amide bonds. The van der Waals surface area contributed by atoms with Crippen molar-refractivity contribution < 1.29 is 8.42 Å². The topological polar surface area (TPSA) is 37.4 Å². The van der Waals surface area contributed by atoms with E-state index in [1.54, 1.807) is 19.2 Å². The monoisotopic (exact) mass is 293 g/mol. The van der Waals surface area contributed by atoms with Gasteiger partial charge in [0.05, 0.1) is 5.88 Å². The van der Waals surface area contributed by atoms with Crippen molar-refractivity contribution in [1.82, 2.24) is 4.31 Å². The van der Waals surface area contributed by atoms with Gasteiger partial charge in [0.1, 0.15) is 4.21 Å². The molecule has 6 heteroatoms. The van der Waals surface area contributed by atoms with Crippen molar-refractivity contribution in [3.63, 3.8) is 0 Å². The Balaban J connectivity index is 2.22. The van der Waals surface area contributed by atoms with Gasteiger partial charge in [0, 0.05) is 18.0 Å². The second-order valence-corrected chi connectivity index (χ2v) is 8.11. The first-order valence-corrected chi connectivity index (χ1v) is 8.38. The third kappa shape index (κ3) is 2.67. The van der Waals surface area contributed by atoms with Crippen LogP contribution >= 0.6 is 22.9 Å². The van der Waals surface area contributed by atoms with Crippen molar-refractivity contribution in [2.45, 2.75) is 35.9 Å². The summed E-state index contributed by atoms with van der Waals surface area (Å²) < 4.78 is 26.5. The second kappa shape index (κ2) is 4.88. The number of nitrogens with zero attached hydrogens (tertiary/aromatic N) is 1. The highest BCUT2D eigenvalue weighted by molar-refractivity contribution is 7.91. The molecule has 0 saturated heterocycles. The third-order valence-electron chi connectivity index (χ3n) is 3.28. The molecule has 0 radical (unpaired) electrons. The maximum absolute atomic E-state index is 12.3. The van der Waals surface area contributed by atoms with E-state index in [-0.39, 0.29) is 6.04 Å². The molecule has 1 aromatic rings. The molecule has 1 heterocycles. The maximum Gasteiger partial charge on any atom is 0.252 e. The summed E-state index contributed by atoms with van der Waals surface area (Å²) in [5.41, 5.74) is 0. The Bertz CT molecular complexity index is 493. The Kier molecular flexibility index (Phi) is 3.83. The van der Waals surface area contributed by atoms with Gasteiger partial charge in [-0.15, -0.1) is 22.9 Å². The SMILES string of the molecule is CC(C1CC1)N(C)S(=O)(=O)c1ccc(CCl)s1. The van der Waals surface area contributed by atoms with Gasteiger partial charge >= 0.3 is 0 Å². The van der Waals surface area contributed by atoms with Gasteiger partial charge in [-0.1, -0.05) is 0 Å². The Hall–Kier alpha value is -0.100. The maximum atomic E-state index is 12.3. The van der Waals surface area contributed by atoms with E-state index in [4.69, 9.17) is 11.6 Å². The smallest absolute Gasteiger partial charge is 0.206 e. The first-order chi connectivity index (χ1) is 7.96. The minimum Gasteiger partial charge on any atom is -0.206 e. The van der Waals surface area contributed by atoms with Crippen molar-refractivity contribution in [1.29, 1.82) is 0 Å². The standard InChI is InChI=1S/C11H16ClNO2S2/c1-8(9-3-4-9)13(2)17(14,15)11-6-5-10(7-12)16-11/h5-6,8-9H,3-4,7H2,1-2H3. The van der Waals surface area contributed by atoms with Gasteiger partial charge in [0.25, 0.3) is 10.0 Å². The van der Waals surface area contributed by atoms with E-state index in [2.05, 4.69) is 0 Å². The summed E-state index contributed by atoms with van der Waals surface area (Å²) in [6.45, 7) is 1.98. The number of sulfonamides is 1. The molecule has 1 aliphatic rings. The van der Waals surface area contributed by atoms with Gasteiger partial charge in [-0.05, 0) is 37.8 Å². The quantitative estimate of drug-likeness (QED) is 0.783. The van der Waals surface area contributed by atoms with E-state index >= 15 is 0 Å². The van der Waals surface area contributed by atoms with Crippen LogP contribution in [0.1, 0.15) is 24.6 Å². The van der Waals surface area contributed by atoms with Crippen LogP contribution in [0.15, 0.2) is 16.3 Å². The van der Waals surface area contributed by atoms with Crippen LogP contribution in [0.2, 0.25) is 0 Å². The fraction of sp³-hybridized carbons (Fsp3) is 0.636. The molecule has 96 valence electrons. The van der Waals surface area contributed by atoms with Crippen LogP contribution in [0.5, 0.6) is 0 Å².